The van der Waals surface area contributed by atoms with Crippen LogP contribution in [0.1, 0.15) is 69.5 Å². The van der Waals surface area contributed by atoms with Gasteiger partial charge in [-0.1, -0.05) is 39.2 Å². The van der Waals surface area contributed by atoms with Crippen LogP contribution in [0.4, 0.5) is 0 Å². The van der Waals surface area contributed by atoms with Gasteiger partial charge in [0.2, 0.25) is 0 Å². The highest BCUT2D eigenvalue weighted by Crippen LogP contribution is 2.35. The molecule has 2 heteroatoms. The fourth-order valence-electron chi connectivity index (χ4n) is 3.23. The number of nitrogens with zero attached hydrogens (tertiary/aromatic N) is 1. The van der Waals surface area contributed by atoms with Gasteiger partial charge >= 0.3 is 0 Å². The molecular formula is C17H28N2. The number of pyridine rings is 1. The lowest BCUT2D eigenvalue weighted by atomic mass is 9.92. The van der Waals surface area contributed by atoms with E-state index in [4.69, 9.17) is 0 Å². The monoisotopic (exact) mass is 260 g/mol. The molecule has 106 valence electrons. The summed E-state index contributed by atoms with van der Waals surface area (Å²) in [4.78, 5) is 4.66. The molecule has 1 N–H and O–H groups in total. The van der Waals surface area contributed by atoms with Gasteiger partial charge in [0.15, 0.2) is 0 Å². The molecule has 0 bridgehead atoms. The Hall–Kier alpha value is -0.890. The highest BCUT2D eigenvalue weighted by molar-refractivity contribution is 5.29. The zero-order chi connectivity index (χ0) is 13.5. The molecule has 1 aromatic rings. The molecule has 2 rings (SSSR count). The third-order valence-electron chi connectivity index (χ3n) is 4.26. The van der Waals surface area contributed by atoms with Crippen LogP contribution in [-0.2, 0) is 6.42 Å². The van der Waals surface area contributed by atoms with E-state index in [-0.39, 0.29) is 0 Å². The molecule has 1 heterocycles. The summed E-state index contributed by atoms with van der Waals surface area (Å²) in [6.45, 7) is 5.66. The second-order valence-electron chi connectivity index (χ2n) is 5.75. The van der Waals surface area contributed by atoms with Crippen LogP contribution in [0.5, 0.6) is 0 Å². The first kappa shape index (κ1) is 14.5. The fraction of sp³-hybridized carbons (Fsp3) is 0.706. The summed E-state index contributed by atoms with van der Waals surface area (Å²) < 4.78 is 0. The van der Waals surface area contributed by atoms with Gasteiger partial charge in [-0.15, -0.1) is 0 Å². The van der Waals surface area contributed by atoms with Crippen molar-refractivity contribution in [1.82, 2.24) is 10.3 Å². The molecule has 2 unspecified atom stereocenters. The van der Waals surface area contributed by atoms with Crippen molar-refractivity contribution in [3.8, 4) is 0 Å². The molecular weight excluding hydrogens is 232 g/mol. The summed E-state index contributed by atoms with van der Waals surface area (Å²) >= 11 is 0. The molecule has 1 aliphatic rings. The lowest BCUT2D eigenvalue weighted by Gasteiger charge is -2.25. The van der Waals surface area contributed by atoms with Crippen LogP contribution < -0.4 is 5.32 Å². The van der Waals surface area contributed by atoms with Crippen molar-refractivity contribution in [3.05, 3.63) is 29.6 Å². The number of hydrogen-bond acceptors (Lipinski definition) is 2. The van der Waals surface area contributed by atoms with Crippen molar-refractivity contribution >= 4 is 0 Å². The molecule has 0 fully saturated rings. The Kier molecular flexibility index (Phi) is 5.84. The summed E-state index contributed by atoms with van der Waals surface area (Å²) in [5, 5.41) is 3.77. The van der Waals surface area contributed by atoms with Crippen molar-refractivity contribution in [3.63, 3.8) is 0 Å². The predicted molar refractivity (Wildman–Crippen MR) is 81.5 cm³/mol. The SMILES string of the molecule is CCCCCC(NCCC)C1CCc2cccnc21. The number of rotatable bonds is 8. The van der Waals surface area contributed by atoms with Crippen LogP contribution in [0.2, 0.25) is 0 Å². The maximum atomic E-state index is 4.66. The number of aromatic nitrogens is 1. The quantitative estimate of drug-likeness (QED) is 0.713. The number of hydrogen-bond donors (Lipinski definition) is 1. The average molecular weight is 260 g/mol. The van der Waals surface area contributed by atoms with Gasteiger partial charge in [0, 0.05) is 23.9 Å². The standard InChI is InChI=1S/C17H28N2/c1-3-5-6-9-16(18-12-4-2)15-11-10-14-8-7-13-19-17(14)15/h7-8,13,15-16,18H,3-6,9-12H2,1-2H3. The molecule has 0 aromatic carbocycles. The minimum Gasteiger partial charge on any atom is -0.313 e. The lowest BCUT2D eigenvalue weighted by molar-refractivity contribution is 0.388. The zero-order valence-corrected chi connectivity index (χ0v) is 12.5. The normalized spacial score (nSPS) is 19.4. The minimum absolute atomic E-state index is 0.627. The van der Waals surface area contributed by atoms with Gasteiger partial charge < -0.3 is 5.32 Å². The van der Waals surface area contributed by atoms with E-state index in [9.17, 15) is 0 Å². The largest absolute Gasteiger partial charge is 0.313 e. The zero-order valence-electron chi connectivity index (χ0n) is 12.5. The Balaban J connectivity index is 2.01. The van der Waals surface area contributed by atoms with Crippen molar-refractivity contribution in [2.75, 3.05) is 6.54 Å². The van der Waals surface area contributed by atoms with E-state index in [1.807, 2.05) is 6.20 Å². The number of fused-ring (bicyclic) bond motifs is 1. The Morgan fingerprint density at radius 2 is 2.21 bits per heavy atom. The van der Waals surface area contributed by atoms with E-state index in [1.54, 1.807) is 0 Å². The van der Waals surface area contributed by atoms with Crippen LogP contribution >= 0.6 is 0 Å². The Morgan fingerprint density at radius 1 is 1.32 bits per heavy atom. The predicted octanol–water partition coefficient (Wildman–Crippen LogP) is 4.06. The summed E-state index contributed by atoms with van der Waals surface area (Å²) in [7, 11) is 0. The van der Waals surface area contributed by atoms with E-state index in [1.165, 1.54) is 56.2 Å². The number of unbranched alkanes of at least 4 members (excludes halogenated alkanes) is 2. The lowest BCUT2D eigenvalue weighted by Crippen LogP contribution is -2.35. The topological polar surface area (TPSA) is 24.9 Å². The molecule has 0 aliphatic heterocycles. The van der Waals surface area contributed by atoms with Crippen molar-refractivity contribution in [2.45, 2.75) is 70.8 Å². The molecule has 0 spiro atoms. The summed E-state index contributed by atoms with van der Waals surface area (Å²) in [6.07, 6.45) is 11.0. The van der Waals surface area contributed by atoms with Gasteiger partial charge in [0.1, 0.15) is 0 Å². The molecule has 2 nitrogen and oxygen atoms in total. The molecule has 19 heavy (non-hydrogen) atoms. The van der Waals surface area contributed by atoms with Crippen LogP contribution in [0.25, 0.3) is 0 Å². The first-order valence-corrected chi connectivity index (χ1v) is 8.04. The maximum absolute atomic E-state index is 4.66. The van der Waals surface area contributed by atoms with Gasteiger partial charge in [-0.05, 0) is 43.9 Å². The first-order chi connectivity index (χ1) is 9.36. The van der Waals surface area contributed by atoms with Gasteiger partial charge in [-0.25, -0.2) is 0 Å². The minimum atomic E-state index is 0.627. The van der Waals surface area contributed by atoms with Gasteiger partial charge in [-0.3, -0.25) is 4.98 Å². The fourth-order valence-corrected chi connectivity index (χ4v) is 3.23. The van der Waals surface area contributed by atoms with Crippen molar-refractivity contribution in [2.24, 2.45) is 0 Å². The maximum Gasteiger partial charge on any atom is 0.0482 e. The molecule has 1 aromatic heterocycles. The Bertz CT molecular complexity index is 375. The highest BCUT2D eigenvalue weighted by Gasteiger charge is 2.30. The van der Waals surface area contributed by atoms with Crippen LogP contribution in [0.3, 0.4) is 0 Å². The Labute approximate surface area is 118 Å². The molecule has 1 aliphatic carbocycles. The van der Waals surface area contributed by atoms with E-state index in [2.05, 4.69) is 36.3 Å². The third kappa shape index (κ3) is 3.79. The number of nitrogens with one attached hydrogen (secondary N) is 1. The van der Waals surface area contributed by atoms with Gasteiger partial charge in [0.05, 0.1) is 0 Å². The van der Waals surface area contributed by atoms with E-state index in [0.29, 0.717) is 12.0 Å². The van der Waals surface area contributed by atoms with Crippen LogP contribution in [0, 0.1) is 0 Å². The van der Waals surface area contributed by atoms with E-state index < -0.39 is 0 Å². The smallest absolute Gasteiger partial charge is 0.0482 e. The van der Waals surface area contributed by atoms with E-state index >= 15 is 0 Å². The average Bonchev–Trinajstić information content (AvgIpc) is 2.87. The molecule has 2 atom stereocenters. The second kappa shape index (κ2) is 7.64. The molecule has 0 radical (unpaired) electrons. The Morgan fingerprint density at radius 3 is 3.00 bits per heavy atom. The molecule has 0 saturated carbocycles. The highest BCUT2D eigenvalue weighted by atomic mass is 14.9. The second-order valence-corrected chi connectivity index (χ2v) is 5.75. The van der Waals surface area contributed by atoms with Crippen molar-refractivity contribution < 1.29 is 0 Å². The van der Waals surface area contributed by atoms with Gasteiger partial charge in [-0.2, -0.15) is 0 Å². The molecule has 0 amide bonds. The summed E-state index contributed by atoms with van der Waals surface area (Å²) in [6, 6.07) is 4.96. The molecule has 0 saturated heterocycles. The summed E-state index contributed by atoms with van der Waals surface area (Å²) in [5.41, 5.74) is 2.85. The van der Waals surface area contributed by atoms with Crippen molar-refractivity contribution in [1.29, 1.82) is 0 Å². The summed E-state index contributed by atoms with van der Waals surface area (Å²) in [5.74, 6) is 0.639. The van der Waals surface area contributed by atoms with Crippen LogP contribution in [-0.4, -0.2) is 17.6 Å². The third-order valence-corrected chi connectivity index (χ3v) is 4.26. The first-order valence-electron chi connectivity index (χ1n) is 8.04. The number of aryl methyl sites for hydroxylation is 1. The van der Waals surface area contributed by atoms with Gasteiger partial charge in [0.25, 0.3) is 0 Å². The van der Waals surface area contributed by atoms with E-state index in [0.717, 1.165) is 6.54 Å². The van der Waals surface area contributed by atoms with Crippen LogP contribution in [0.15, 0.2) is 18.3 Å².